The van der Waals surface area contributed by atoms with Crippen LogP contribution in [-0.2, 0) is 13.6 Å². The fraction of sp³-hybridized carbons (Fsp3) is 0.484. The van der Waals surface area contributed by atoms with Gasteiger partial charge in [-0.2, -0.15) is 5.10 Å². The van der Waals surface area contributed by atoms with E-state index in [4.69, 9.17) is 27.9 Å². The van der Waals surface area contributed by atoms with E-state index in [0.717, 1.165) is 61.9 Å². The van der Waals surface area contributed by atoms with Crippen LogP contribution in [0.5, 0.6) is 5.75 Å². The van der Waals surface area contributed by atoms with E-state index >= 15 is 0 Å². The van der Waals surface area contributed by atoms with Gasteiger partial charge in [-0.15, -0.1) is 0 Å². The molecule has 0 saturated carbocycles. The zero-order valence-electron chi connectivity index (χ0n) is 24.4. The predicted molar refractivity (Wildman–Crippen MR) is 167 cm³/mol. The molecule has 10 heteroatoms. The second kappa shape index (κ2) is 12.6. The number of nitrogens with zero attached hydrogens (tertiary/aromatic N) is 5. The molecule has 0 atom stereocenters. The first-order chi connectivity index (χ1) is 19.6. The molecule has 1 fully saturated rings. The van der Waals surface area contributed by atoms with Gasteiger partial charge in [-0.3, -0.25) is 9.48 Å². The topological polar surface area (TPSA) is 65.9 Å². The monoisotopic (exact) mass is 598 g/mol. The van der Waals surface area contributed by atoms with E-state index in [9.17, 15) is 4.79 Å². The Balaban J connectivity index is 1.16. The summed E-state index contributed by atoms with van der Waals surface area (Å²) in [5.41, 5.74) is 3.26. The highest BCUT2D eigenvalue weighted by Gasteiger charge is 2.27. The van der Waals surface area contributed by atoms with E-state index in [1.807, 2.05) is 19.2 Å². The first kappa shape index (κ1) is 29.7. The van der Waals surface area contributed by atoms with Crippen LogP contribution in [0, 0.1) is 5.41 Å². The summed E-state index contributed by atoms with van der Waals surface area (Å²) in [6.07, 6.45) is 3.93. The lowest BCUT2D eigenvalue weighted by Crippen LogP contribution is -2.47. The van der Waals surface area contributed by atoms with Gasteiger partial charge in [0.2, 0.25) is 0 Å². The zero-order valence-corrected chi connectivity index (χ0v) is 25.9. The van der Waals surface area contributed by atoms with Gasteiger partial charge in [0.05, 0.1) is 35.7 Å². The van der Waals surface area contributed by atoms with Crippen LogP contribution < -0.4 is 15.0 Å². The molecule has 1 aromatic heterocycles. The highest BCUT2D eigenvalue weighted by molar-refractivity contribution is 6.32. The Labute approximate surface area is 253 Å². The van der Waals surface area contributed by atoms with E-state index < -0.39 is 0 Å². The minimum atomic E-state index is -0.165. The van der Waals surface area contributed by atoms with Gasteiger partial charge in [-0.1, -0.05) is 44.0 Å². The molecule has 5 rings (SSSR count). The summed E-state index contributed by atoms with van der Waals surface area (Å²) in [6.45, 7) is 14.5. The number of aromatic nitrogens is 2. The summed E-state index contributed by atoms with van der Waals surface area (Å²) in [6, 6.07) is 10.7. The van der Waals surface area contributed by atoms with Crippen molar-refractivity contribution in [2.75, 3.05) is 56.1 Å². The van der Waals surface area contributed by atoms with Gasteiger partial charge >= 0.3 is 0 Å². The number of rotatable bonds is 8. The Morgan fingerprint density at radius 1 is 1.02 bits per heavy atom. The molecule has 2 aromatic carbocycles. The highest BCUT2D eigenvalue weighted by Crippen LogP contribution is 2.38. The maximum atomic E-state index is 13.8. The van der Waals surface area contributed by atoms with Gasteiger partial charge in [-0.05, 0) is 61.2 Å². The van der Waals surface area contributed by atoms with Crippen molar-refractivity contribution < 1.29 is 9.53 Å². The summed E-state index contributed by atoms with van der Waals surface area (Å²) >= 11 is 12.9. The molecular weight excluding hydrogens is 559 g/mol. The van der Waals surface area contributed by atoms with Crippen LogP contribution in [-0.4, -0.2) is 71.4 Å². The summed E-state index contributed by atoms with van der Waals surface area (Å²) < 4.78 is 7.77. The third-order valence-electron chi connectivity index (χ3n) is 7.79. The van der Waals surface area contributed by atoms with Gasteiger partial charge in [0.25, 0.3) is 5.91 Å². The van der Waals surface area contributed by atoms with E-state index in [1.165, 1.54) is 13.0 Å². The van der Waals surface area contributed by atoms with Crippen molar-refractivity contribution in [3.63, 3.8) is 0 Å². The fourth-order valence-corrected chi connectivity index (χ4v) is 5.68. The number of carbonyl (C=O) groups is 1. The molecule has 1 saturated heterocycles. The van der Waals surface area contributed by atoms with E-state index in [-0.39, 0.29) is 5.91 Å². The average Bonchev–Trinajstić information content (AvgIpc) is 3.18. The highest BCUT2D eigenvalue weighted by atomic mass is 35.5. The summed E-state index contributed by atoms with van der Waals surface area (Å²) in [5.74, 6) is 1.25. The van der Waals surface area contributed by atoms with Crippen molar-refractivity contribution in [1.82, 2.24) is 19.6 Å². The molecular formula is C31H40Cl2N6O2. The largest absolute Gasteiger partial charge is 0.492 e. The molecule has 1 amide bonds. The van der Waals surface area contributed by atoms with Crippen LogP contribution in [0.1, 0.15) is 49.5 Å². The molecule has 0 bridgehead atoms. The van der Waals surface area contributed by atoms with Crippen LogP contribution in [0.15, 0.2) is 42.6 Å². The van der Waals surface area contributed by atoms with Gasteiger partial charge in [0.1, 0.15) is 11.6 Å². The van der Waals surface area contributed by atoms with Crippen molar-refractivity contribution >= 4 is 46.3 Å². The SMILES string of the molecule is Cn1ncc2c1Nc1cc(Cl)ccc1N(C(=O)c1ccc(OCCCN3CCN(CCC(C)(C)C)CC3)c(Cl)c1)C2. The fourth-order valence-electron chi connectivity index (χ4n) is 5.27. The van der Waals surface area contributed by atoms with Crippen LogP contribution in [0.2, 0.25) is 10.0 Å². The normalized spacial score (nSPS) is 16.1. The Morgan fingerprint density at radius 2 is 1.76 bits per heavy atom. The minimum Gasteiger partial charge on any atom is -0.492 e. The number of nitrogens with one attached hydrogen (secondary N) is 1. The molecule has 0 radical (unpaired) electrons. The molecule has 3 heterocycles. The maximum Gasteiger partial charge on any atom is 0.258 e. The Hall–Kier alpha value is -2.78. The number of hydrogen-bond acceptors (Lipinski definition) is 6. The predicted octanol–water partition coefficient (Wildman–Crippen LogP) is 6.45. The lowest BCUT2D eigenvalue weighted by Gasteiger charge is -2.35. The van der Waals surface area contributed by atoms with Crippen LogP contribution >= 0.6 is 23.2 Å². The number of piperazine rings is 1. The zero-order chi connectivity index (χ0) is 29.1. The first-order valence-electron chi connectivity index (χ1n) is 14.3. The van der Waals surface area contributed by atoms with Crippen molar-refractivity contribution in [3.05, 3.63) is 63.8 Å². The van der Waals surface area contributed by atoms with E-state index in [1.54, 1.807) is 40.0 Å². The van der Waals surface area contributed by atoms with Crippen molar-refractivity contribution in [1.29, 1.82) is 0 Å². The van der Waals surface area contributed by atoms with Crippen LogP contribution in [0.4, 0.5) is 17.2 Å². The second-order valence-corrected chi connectivity index (χ2v) is 13.0. The Bertz CT molecular complexity index is 1380. The van der Waals surface area contributed by atoms with Crippen molar-refractivity contribution in [2.45, 2.75) is 40.2 Å². The third kappa shape index (κ3) is 7.36. The summed E-state index contributed by atoms with van der Waals surface area (Å²) in [5, 5.41) is 8.74. The first-order valence-corrected chi connectivity index (χ1v) is 15.1. The molecule has 41 heavy (non-hydrogen) atoms. The number of ether oxygens (including phenoxy) is 1. The van der Waals surface area contributed by atoms with E-state index in [0.29, 0.717) is 39.9 Å². The van der Waals surface area contributed by atoms with Crippen molar-refractivity contribution in [2.24, 2.45) is 12.5 Å². The molecule has 220 valence electrons. The standard InChI is InChI=1S/C31H40Cl2N6O2/c1-31(2,3)10-12-38-15-13-37(14-16-38)11-5-17-41-28-9-6-22(18-25(28)33)30(40)39-21-23-20-34-36(4)29(23)35-26-19-24(32)7-8-27(26)39/h6-9,18-20,35H,5,10-17,21H2,1-4H3. The lowest BCUT2D eigenvalue weighted by atomic mass is 9.92. The number of benzene rings is 2. The molecule has 1 N–H and O–H groups in total. The molecule has 3 aromatic rings. The number of anilines is 3. The number of amides is 1. The lowest BCUT2D eigenvalue weighted by molar-refractivity contribution is 0.0985. The third-order valence-corrected chi connectivity index (χ3v) is 8.32. The molecule has 2 aliphatic heterocycles. The van der Waals surface area contributed by atoms with Gasteiger partial charge < -0.3 is 24.8 Å². The molecule has 2 aliphatic rings. The smallest absolute Gasteiger partial charge is 0.258 e. The molecule has 0 aliphatic carbocycles. The van der Waals surface area contributed by atoms with Gasteiger partial charge in [0.15, 0.2) is 0 Å². The van der Waals surface area contributed by atoms with Crippen molar-refractivity contribution in [3.8, 4) is 5.75 Å². The summed E-state index contributed by atoms with van der Waals surface area (Å²) in [4.78, 5) is 20.6. The van der Waals surface area contributed by atoms with Gasteiger partial charge in [-0.25, -0.2) is 0 Å². The van der Waals surface area contributed by atoms with Gasteiger partial charge in [0, 0.05) is 55.9 Å². The second-order valence-electron chi connectivity index (χ2n) is 12.2. The average molecular weight is 600 g/mol. The molecule has 0 unspecified atom stereocenters. The molecule has 0 spiro atoms. The van der Waals surface area contributed by atoms with Crippen LogP contribution in [0.3, 0.4) is 0 Å². The number of aryl methyl sites for hydroxylation is 1. The number of carbonyl (C=O) groups excluding carboxylic acids is 1. The number of halogens is 2. The Morgan fingerprint density at radius 3 is 2.46 bits per heavy atom. The quantitative estimate of drug-likeness (QED) is 0.300. The van der Waals surface area contributed by atoms with E-state index in [2.05, 4.69) is 41.0 Å². The number of fused-ring (bicyclic) bond motifs is 2. The molecule has 8 nitrogen and oxygen atoms in total. The minimum absolute atomic E-state index is 0.165. The Kier molecular flexibility index (Phi) is 9.14. The summed E-state index contributed by atoms with van der Waals surface area (Å²) in [7, 11) is 1.86. The van der Waals surface area contributed by atoms with Crippen LogP contribution in [0.25, 0.3) is 0 Å². The maximum absolute atomic E-state index is 13.8. The number of hydrogen-bond donors (Lipinski definition) is 1.